The molecule has 0 aliphatic carbocycles. The van der Waals surface area contributed by atoms with Gasteiger partial charge in [0.05, 0.1) is 0 Å². The molecule has 0 saturated heterocycles. The maximum atomic E-state index is 10.6. The molecule has 0 bridgehead atoms. The van der Waals surface area contributed by atoms with Crippen LogP contribution in [0.3, 0.4) is 0 Å². The summed E-state index contributed by atoms with van der Waals surface area (Å²) in [6, 6.07) is 0. The summed E-state index contributed by atoms with van der Waals surface area (Å²) in [6.07, 6.45) is 8.76. The minimum Gasteiger partial charge on any atom is -0.543 e. The summed E-state index contributed by atoms with van der Waals surface area (Å²) in [5, 5.41) is 0.169. The topological polar surface area (TPSA) is 35.5 Å². The first-order valence-electron chi connectivity index (χ1n) is 11.8. The quantitative estimate of drug-likeness (QED) is 0.233. The number of aldehydes is 1. The fourth-order valence-electron chi connectivity index (χ4n) is 4.03. The van der Waals surface area contributed by atoms with Crippen LogP contribution in [0.4, 0.5) is 0 Å². The third-order valence-electron chi connectivity index (χ3n) is 7.55. The van der Waals surface area contributed by atoms with Crippen LogP contribution >= 0.6 is 0 Å². The second-order valence-corrected chi connectivity index (χ2v) is 15.9. The predicted molar refractivity (Wildman–Crippen MR) is 134 cm³/mol. The molecule has 2 rings (SSSR count). The highest BCUT2D eigenvalue weighted by Gasteiger charge is 2.41. The van der Waals surface area contributed by atoms with E-state index in [2.05, 4.69) is 74.6 Å². The summed E-state index contributed by atoms with van der Waals surface area (Å²) < 4.78 is 13.5. The molecule has 0 amide bonds. The van der Waals surface area contributed by atoms with Gasteiger partial charge in [0.2, 0.25) is 0 Å². The van der Waals surface area contributed by atoms with Crippen LogP contribution in [-0.2, 0) is 11.2 Å². The minimum atomic E-state index is -1.91. The highest BCUT2D eigenvalue weighted by Crippen LogP contribution is 2.47. The Balaban J connectivity index is 2.27. The maximum Gasteiger partial charge on any atom is 0.250 e. The zero-order chi connectivity index (χ0) is 23.6. The smallest absolute Gasteiger partial charge is 0.250 e. The van der Waals surface area contributed by atoms with Gasteiger partial charge in [-0.3, -0.25) is 0 Å². The summed E-state index contributed by atoms with van der Waals surface area (Å²) in [7, 11) is -1.91. The van der Waals surface area contributed by atoms with E-state index in [0.29, 0.717) is 6.42 Å². The lowest BCUT2D eigenvalue weighted by Gasteiger charge is -2.41. The molecule has 1 aliphatic rings. The molecule has 0 saturated carbocycles. The molecule has 0 radical (unpaired) electrons. The molecule has 1 atom stereocenters. The van der Waals surface area contributed by atoms with E-state index >= 15 is 0 Å². The SMILES string of the molecule is C/C(=C\CC[C@]1(C)CCc2c(C)c(O[Si](C)(C)C(C)(C)C)c(C)c(C)c2O1)CCC=O. The monoisotopic (exact) mass is 444 g/mol. The number of hydrogen-bond donors (Lipinski definition) is 0. The molecule has 0 unspecified atom stereocenters. The first-order chi connectivity index (χ1) is 14.2. The Labute approximate surface area is 191 Å². The van der Waals surface area contributed by atoms with Crippen LogP contribution in [0, 0.1) is 20.8 Å². The zero-order valence-corrected chi connectivity index (χ0v) is 22.6. The molecule has 1 aromatic carbocycles. The second-order valence-electron chi connectivity index (χ2n) is 11.2. The van der Waals surface area contributed by atoms with Crippen molar-refractivity contribution in [1.82, 2.24) is 0 Å². The first-order valence-corrected chi connectivity index (χ1v) is 14.7. The molecular weight excluding hydrogens is 400 g/mol. The Hall–Kier alpha value is -1.55. The number of rotatable bonds is 8. The van der Waals surface area contributed by atoms with Crippen LogP contribution in [0.1, 0.15) is 89.0 Å². The highest BCUT2D eigenvalue weighted by molar-refractivity contribution is 6.74. The third kappa shape index (κ3) is 5.82. The Morgan fingerprint density at radius 1 is 1.13 bits per heavy atom. The lowest BCUT2D eigenvalue weighted by molar-refractivity contribution is -0.107. The standard InChI is InChI=1S/C27H44O3Si/c1-19(14-12-18-28)13-11-16-27(8)17-15-23-22(4)24(20(2)21(3)25(23)29-27)30-31(9,10)26(5,6)7/h13,18H,11-12,14-17H2,1-10H3/b19-13+/t27-/m1/s1. The van der Waals surface area contributed by atoms with Crippen LogP contribution in [0.25, 0.3) is 0 Å². The number of allylic oxidation sites excluding steroid dienone is 2. The average Bonchev–Trinajstić information content (AvgIpc) is 2.67. The van der Waals surface area contributed by atoms with Crippen molar-refractivity contribution in [3.05, 3.63) is 33.9 Å². The number of ether oxygens (including phenoxy) is 1. The molecule has 4 heteroatoms. The van der Waals surface area contributed by atoms with Gasteiger partial charge < -0.3 is 14.0 Å². The van der Waals surface area contributed by atoms with Gasteiger partial charge in [0.1, 0.15) is 23.4 Å². The highest BCUT2D eigenvalue weighted by atomic mass is 28.4. The van der Waals surface area contributed by atoms with E-state index in [1.807, 2.05) is 0 Å². The summed E-state index contributed by atoms with van der Waals surface area (Å²) in [5.74, 6) is 2.16. The van der Waals surface area contributed by atoms with Crippen molar-refractivity contribution < 1.29 is 14.0 Å². The molecule has 0 spiro atoms. The van der Waals surface area contributed by atoms with E-state index in [1.54, 1.807) is 0 Å². The van der Waals surface area contributed by atoms with Crippen molar-refractivity contribution in [1.29, 1.82) is 0 Å². The predicted octanol–water partition coefficient (Wildman–Crippen LogP) is 7.79. The van der Waals surface area contributed by atoms with Crippen LogP contribution < -0.4 is 9.16 Å². The molecule has 3 nitrogen and oxygen atoms in total. The van der Waals surface area contributed by atoms with Crippen molar-refractivity contribution in [2.24, 2.45) is 0 Å². The lowest BCUT2D eigenvalue weighted by atomic mass is 9.85. The van der Waals surface area contributed by atoms with E-state index in [1.165, 1.54) is 27.8 Å². The van der Waals surface area contributed by atoms with Crippen LogP contribution in [-0.4, -0.2) is 20.2 Å². The fourth-order valence-corrected chi connectivity index (χ4v) is 5.15. The summed E-state index contributed by atoms with van der Waals surface area (Å²) >= 11 is 0. The van der Waals surface area contributed by atoms with Crippen molar-refractivity contribution in [3.63, 3.8) is 0 Å². The average molecular weight is 445 g/mol. The number of carbonyl (C=O) groups excluding carboxylic acids is 1. The van der Waals surface area contributed by atoms with Gasteiger partial charge in [-0.2, -0.15) is 0 Å². The molecule has 31 heavy (non-hydrogen) atoms. The number of hydrogen-bond acceptors (Lipinski definition) is 3. The Morgan fingerprint density at radius 3 is 2.35 bits per heavy atom. The molecular formula is C27H44O3Si. The van der Waals surface area contributed by atoms with Crippen LogP contribution in [0.15, 0.2) is 11.6 Å². The van der Waals surface area contributed by atoms with Crippen molar-refractivity contribution in [2.75, 3.05) is 0 Å². The lowest BCUT2D eigenvalue weighted by Crippen LogP contribution is -2.44. The normalized spacial score (nSPS) is 19.6. The largest absolute Gasteiger partial charge is 0.543 e. The minimum absolute atomic E-state index is 0.153. The van der Waals surface area contributed by atoms with Gasteiger partial charge in [-0.15, -0.1) is 0 Å². The van der Waals surface area contributed by atoms with Crippen molar-refractivity contribution in [2.45, 2.75) is 118 Å². The van der Waals surface area contributed by atoms with Gasteiger partial charge in [-0.25, -0.2) is 0 Å². The number of fused-ring (bicyclic) bond motifs is 1. The van der Waals surface area contributed by atoms with Gasteiger partial charge in [0.25, 0.3) is 8.32 Å². The van der Waals surface area contributed by atoms with Crippen LogP contribution in [0.5, 0.6) is 11.5 Å². The molecule has 1 aliphatic heterocycles. The van der Waals surface area contributed by atoms with E-state index in [9.17, 15) is 4.79 Å². The Kier molecular flexibility index (Phi) is 7.89. The van der Waals surface area contributed by atoms with Crippen molar-refractivity contribution in [3.8, 4) is 11.5 Å². The maximum absolute atomic E-state index is 10.6. The van der Waals surface area contributed by atoms with E-state index in [0.717, 1.165) is 49.9 Å². The van der Waals surface area contributed by atoms with Gasteiger partial charge in [0.15, 0.2) is 0 Å². The first kappa shape index (κ1) is 25.7. The molecule has 1 aromatic rings. The molecule has 0 fully saturated rings. The molecule has 174 valence electrons. The van der Waals surface area contributed by atoms with E-state index in [4.69, 9.17) is 9.16 Å². The Bertz CT molecular complexity index is 845. The fraction of sp³-hybridized carbons (Fsp3) is 0.667. The second kappa shape index (κ2) is 9.52. The third-order valence-corrected chi connectivity index (χ3v) is 11.9. The van der Waals surface area contributed by atoms with Crippen LogP contribution in [0.2, 0.25) is 18.1 Å². The van der Waals surface area contributed by atoms with Crippen molar-refractivity contribution >= 4 is 14.6 Å². The van der Waals surface area contributed by atoms with E-state index in [-0.39, 0.29) is 10.6 Å². The van der Waals surface area contributed by atoms with Gasteiger partial charge in [-0.1, -0.05) is 32.4 Å². The summed E-state index contributed by atoms with van der Waals surface area (Å²) in [5.41, 5.74) is 6.16. The van der Waals surface area contributed by atoms with E-state index < -0.39 is 8.32 Å². The van der Waals surface area contributed by atoms with Gasteiger partial charge >= 0.3 is 0 Å². The zero-order valence-electron chi connectivity index (χ0n) is 21.6. The number of benzene rings is 1. The van der Waals surface area contributed by atoms with Gasteiger partial charge in [-0.05, 0) is 102 Å². The molecule has 0 aromatic heterocycles. The molecule has 1 heterocycles. The van der Waals surface area contributed by atoms with Gasteiger partial charge in [0, 0.05) is 12.0 Å². The molecule has 0 N–H and O–H groups in total. The summed E-state index contributed by atoms with van der Waals surface area (Å²) in [4.78, 5) is 10.6. The Morgan fingerprint density at radius 2 is 1.77 bits per heavy atom. The summed E-state index contributed by atoms with van der Waals surface area (Å²) in [6.45, 7) is 22.4. The number of carbonyl (C=O) groups is 1.